The Hall–Kier alpha value is -2.44. The molecule has 2 atom stereocenters. The van der Waals surface area contributed by atoms with E-state index in [2.05, 4.69) is 0 Å². The molecule has 0 saturated carbocycles. The van der Waals surface area contributed by atoms with Gasteiger partial charge in [-0.2, -0.15) is 39.5 Å². The molecule has 214 valence electrons. The molecule has 0 aliphatic rings. The fraction of sp³-hybridized carbons (Fsp3) is 0.333. The second-order valence-corrected chi connectivity index (χ2v) is 9.43. The number of ketones is 1. The minimum atomic E-state index is -5.12. The molecule has 2 aromatic rings. The van der Waals surface area contributed by atoms with Crippen LogP contribution in [0.3, 0.4) is 0 Å². The van der Waals surface area contributed by atoms with Crippen molar-refractivity contribution >= 4 is 52.6 Å². The summed E-state index contributed by atoms with van der Waals surface area (Å²) in [4.78, 5) is 24.0. The maximum absolute atomic E-state index is 13.7. The molecule has 0 heterocycles. The molecule has 15 heteroatoms. The molecule has 0 aromatic heterocycles. The van der Waals surface area contributed by atoms with E-state index >= 15 is 0 Å². The largest absolute Gasteiger partial charge is 0.417 e. The maximum atomic E-state index is 13.7. The number of carbonyl (C=O) groups excluding carboxylic acids is 2. The van der Waals surface area contributed by atoms with E-state index in [1.807, 2.05) is 0 Å². The number of carbonyl (C=O) groups is 2. The Bertz CT molecular complexity index is 1230. The van der Waals surface area contributed by atoms with Crippen LogP contribution in [-0.4, -0.2) is 30.1 Å². The highest BCUT2D eigenvalue weighted by Gasteiger charge is 2.40. The number of hydrogen-bond donors (Lipinski definition) is 1. The summed E-state index contributed by atoms with van der Waals surface area (Å²) in [5.74, 6) is -4.74. The molecule has 39 heavy (non-hydrogen) atoms. The molecule has 1 N–H and O–H groups in total. The Balaban J connectivity index is 2.33. The second-order valence-electron chi connectivity index (χ2n) is 8.23. The highest BCUT2D eigenvalue weighted by molar-refractivity contribution is 6.48. The fourth-order valence-corrected chi connectivity index (χ4v) is 3.88. The lowest BCUT2D eigenvalue weighted by atomic mass is 9.95. The molecular weight excluding hydrogens is 612 g/mol. The van der Waals surface area contributed by atoms with Crippen LogP contribution in [-0.2, 0) is 11.0 Å². The van der Waals surface area contributed by atoms with E-state index in [0.717, 1.165) is 24.3 Å². The number of benzene rings is 2. The van der Waals surface area contributed by atoms with Gasteiger partial charge in [0, 0.05) is 18.4 Å². The van der Waals surface area contributed by atoms with Crippen LogP contribution >= 0.6 is 34.8 Å². The van der Waals surface area contributed by atoms with E-state index in [1.165, 1.54) is 0 Å². The fourth-order valence-electron chi connectivity index (χ4n) is 3.27. The van der Waals surface area contributed by atoms with Crippen molar-refractivity contribution in [2.45, 2.75) is 50.3 Å². The second kappa shape index (κ2) is 12.4. The number of rotatable bonds is 8. The molecule has 3 nitrogen and oxygen atoms in total. The zero-order valence-corrected chi connectivity index (χ0v) is 21.7. The van der Waals surface area contributed by atoms with Crippen LogP contribution in [0.15, 0.2) is 36.4 Å². The molecule has 0 radical (unpaired) electrons. The van der Waals surface area contributed by atoms with E-state index in [9.17, 15) is 49.1 Å². The van der Waals surface area contributed by atoms with Gasteiger partial charge in [-0.3, -0.25) is 9.59 Å². The van der Waals surface area contributed by atoms with Crippen molar-refractivity contribution in [3.05, 3.63) is 73.7 Å². The van der Waals surface area contributed by atoms with E-state index in [4.69, 9.17) is 34.8 Å². The van der Waals surface area contributed by atoms with Gasteiger partial charge in [0.2, 0.25) is 5.91 Å². The average molecular weight is 629 g/mol. The summed E-state index contributed by atoms with van der Waals surface area (Å²) >= 11 is 17.4. The number of nitrogens with one attached hydrogen (secondary N) is 1. The first-order chi connectivity index (χ1) is 17.7. The number of amides is 1. The van der Waals surface area contributed by atoms with Crippen LogP contribution in [0.2, 0.25) is 15.1 Å². The van der Waals surface area contributed by atoms with Crippen LogP contribution in [0.25, 0.3) is 6.08 Å². The molecule has 0 fully saturated rings. The van der Waals surface area contributed by atoms with E-state index in [0.29, 0.717) is 25.1 Å². The van der Waals surface area contributed by atoms with Gasteiger partial charge in [0.1, 0.15) is 6.04 Å². The smallest absolute Gasteiger partial charge is 0.345 e. The quantitative estimate of drug-likeness (QED) is 0.180. The van der Waals surface area contributed by atoms with Gasteiger partial charge in [0.15, 0.2) is 5.78 Å². The summed E-state index contributed by atoms with van der Waals surface area (Å²) in [6.45, 7) is 0.646. The summed E-state index contributed by atoms with van der Waals surface area (Å²) in [5.41, 5.74) is -3.19. The van der Waals surface area contributed by atoms with Gasteiger partial charge in [-0.15, -0.1) is 0 Å². The van der Waals surface area contributed by atoms with Crippen molar-refractivity contribution in [2.24, 2.45) is 0 Å². The van der Waals surface area contributed by atoms with Crippen LogP contribution < -0.4 is 5.32 Å². The Kier molecular flexibility index (Phi) is 10.4. The van der Waals surface area contributed by atoms with E-state index in [-0.39, 0.29) is 20.6 Å². The number of alkyl halides is 9. The van der Waals surface area contributed by atoms with E-state index in [1.54, 1.807) is 5.32 Å². The predicted octanol–water partition coefficient (Wildman–Crippen LogP) is 9.05. The SMILES string of the molecule is CC(NC(=O)CCC(=O)c1ccc(/C=C/C(c2cc(Cl)c(Cl)c(Cl)c2)C(F)(F)F)cc1C(F)(F)F)C(F)(F)F. The van der Waals surface area contributed by atoms with Gasteiger partial charge in [0.05, 0.1) is 26.5 Å². The van der Waals surface area contributed by atoms with Gasteiger partial charge in [-0.1, -0.05) is 59.1 Å². The summed E-state index contributed by atoms with van der Waals surface area (Å²) in [7, 11) is 0. The molecule has 1 amide bonds. The minimum Gasteiger partial charge on any atom is -0.345 e. The topological polar surface area (TPSA) is 46.2 Å². The maximum Gasteiger partial charge on any atom is 0.417 e. The van der Waals surface area contributed by atoms with Crippen LogP contribution in [0, 0.1) is 0 Å². The van der Waals surface area contributed by atoms with Crippen LogP contribution in [0.4, 0.5) is 39.5 Å². The number of halogens is 12. The zero-order chi connectivity index (χ0) is 29.9. The van der Waals surface area contributed by atoms with Gasteiger partial charge < -0.3 is 5.32 Å². The average Bonchev–Trinajstić information content (AvgIpc) is 2.78. The molecule has 0 aliphatic carbocycles. The normalized spacial score (nSPS) is 14.4. The van der Waals surface area contributed by atoms with Gasteiger partial charge >= 0.3 is 18.5 Å². The van der Waals surface area contributed by atoms with Crippen LogP contribution in [0.5, 0.6) is 0 Å². The first kappa shape index (κ1) is 32.8. The zero-order valence-electron chi connectivity index (χ0n) is 19.5. The monoisotopic (exact) mass is 627 g/mol. The Labute approximate surface area is 230 Å². The lowest BCUT2D eigenvalue weighted by molar-refractivity contribution is -0.158. The molecule has 2 aromatic carbocycles. The van der Waals surface area contributed by atoms with Crippen molar-refractivity contribution < 1.29 is 49.1 Å². The van der Waals surface area contributed by atoms with Crippen molar-refractivity contribution in [1.82, 2.24) is 5.32 Å². The summed E-state index contributed by atoms with van der Waals surface area (Å²) in [5, 5.41) is 0.849. The van der Waals surface area contributed by atoms with Crippen LogP contribution in [0.1, 0.15) is 52.7 Å². The molecule has 2 rings (SSSR count). The summed E-state index contributed by atoms with van der Waals surface area (Å²) in [6, 6.07) is 1.67. The Morgan fingerprint density at radius 2 is 1.44 bits per heavy atom. The summed E-state index contributed by atoms with van der Waals surface area (Å²) in [6.07, 6.45) is -15.1. The third kappa shape index (κ3) is 9.04. The first-order valence-electron chi connectivity index (χ1n) is 10.7. The van der Waals surface area contributed by atoms with Gasteiger partial charge in [0.25, 0.3) is 0 Å². The molecule has 0 bridgehead atoms. The molecule has 0 spiro atoms. The first-order valence-corrected chi connectivity index (χ1v) is 11.8. The lowest BCUT2D eigenvalue weighted by Crippen LogP contribution is -2.43. The van der Waals surface area contributed by atoms with E-state index < -0.39 is 71.7 Å². The number of Topliss-reactive ketones (excluding diaryl/α,β-unsaturated/α-hetero) is 1. The Morgan fingerprint density at radius 3 is 1.92 bits per heavy atom. The molecule has 0 saturated heterocycles. The molecule has 0 aliphatic heterocycles. The number of hydrogen-bond acceptors (Lipinski definition) is 2. The van der Waals surface area contributed by atoms with Gasteiger partial charge in [-0.25, -0.2) is 0 Å². The minimum absolute atomic E-state index is 0.186. The standard InChI is InChI=1S/C24H17Cl3F9NO2/c1-11(22(28,29)30)37-20(39)7-6-19(38)14-4-2-12(8-16(14)24(34,35)36)3-5-15(23(31,32)33)13-9-17(25)21(27)18(26)10-13/h2-5,8-11,15H,6-7H2,1H3,(H,37,39)/b5-3+. The van der Waals surface area contributed by atoms with Crippen molar-refractivity contribution in [1.29, 1.82) is 0 Å². The molecular formula is C24H17Cl3F9NO2. The Morgan fingerprint density at radius 1 is 0.872 bits per heavy atom. The third-order valence-electron chi connectivity index (χ3n) is 5.30. The third-order valence-corrected chi connectivity index (χ3v) is 6.49. The predicted molar refractivity (Wildman–Crippen MR) is 128 cm³/mol. The summed E-state index contributed by atoms with van der Waals surface area (Å²) < 4.78 is 120. The van der Waals surface area contributed by atoms with Crippen molar-refractivity contribution in [3.63, 3.8) is 0 Å². The van der Waals surface area contributed by atoms with Crippen molar-refractivity contribution in [2.75, 3.05) is 0 Å². The van der Waals surface area contributed by atoms with Crippen molar-refractivity contribution in [3.8, 4) is 0 Å². The highest BCUT2D eigenvalue weighted by Crippen LogP contribution is 2.41. The highest BCUT2D eigenvalue weighted by atomic mass is 35.5. The number of allylic oxidation sites excluding steroid dienone is 1. The molecule has 2 unspecified atom stereocenters. The van der Waals surface area contributed by atoms with Gasteiger partial charge in [-0.05, 0) is 36.2 Å². The lowest BCUT2D eigenvalue weighted by Gasteiger charge is -2.19.